The van der Waals surface area contributed by atoms with Crippen molar-refractivity contribution in [2.75, 3.05) is 13.1 Å². The lowest BCUT2D eigenvalue weighted by molar-refractivity contribution is -0.131. The Kier molecular flexibility index (Phi) is 6.60. The molecule has 0 aliphatic carbocycles. The Labute approximate surface area is 160 Å². The molecule has 1 atom stereocenters. The number of likely N-dealkylation sites (tertiary alicyclic amines) is 1. The van der Waals surface area contributed by atoms with Crippen LogP contribution < -0.4 is 5.32 Å². The number of halogens is 3. The number of nitrogens with zero attached hydrogens (tertiary/aromatic N) is 1. The van der Waals surface area contributed by atoms with Crippen LogP contribution in [0.4, 0.5) is 13.6 Å². The summed E-state index contributed by atoms with van der Waals surface area (Å²) in [5.74, 6) is -1.55. The van der Waals surface area contributed by atoms with Crippen molar-refractivity contribution in [1.82, 2.24) is 10.2 Å². The minimum atomic E-state index is -0.632. The third-order valence-electron chi connectivity index (χ3n) is 3.93. The summed E-state index contributed by atoms with van der Waals surface area (Å²) in [6, 6.07) is 1.81. The standard InChI is InChI=1S/C18H23BrF2N2O3/c1-18(2,3)26-17(25)22-12-5-4-6-23(10-12)16(24)8-11-7-15(21)13(19)9-14(11)20/h7,9,12H,4-6,8,10H2,1-3H3,(H,22,25). The number of ether oxygens (including phenoxy) is 1. The smallest absolute Gasteiger partial charge is 0.407 e. The average Bonchev–Trinajstić information content (AvgIpc) is 2.50. The van der Waals surface area contributed by atoms with Gasteiger partial charge in [0.2, 0.25) is 5.91 Å². The van der Waals surface area contributed by atoms with E-state index in [-0.39, 0.29) is 28.4 Å². The van der Waals surface area contributed by atoms with E-state index in [9.17, 15) is 18.4 Å². The molecular formula is C18H23BrF2N2O3. The van der Waals surface area contributed by atoms with Crippen LogP contribution in [0.1, 0.15) is 39.2 Å². The molecule has 0 saturated carbocycles. The van der Waals surface area contributed by atoms with Gasteiger partial charge in [0, 0.05) is 24.7 Å². The first kappa shape index (κ1) is 20.6. The zero-order valence-electron chi connectivity index (χ0n) is 15.1. The van der Waals surface area contributed by atoms with E-state index in [4.69, 9.17) is 4.74 Å². The molecule has 26 heavy (non-hydrogen) atoms. The van der Waals surface area contributed by atoms with Crippen LogP contribution in [-0.4, -0.2) is 41.6 Å². The summed E-state index contributed by atoms with van der Waals surface area (Å²) in [7, 11) is 0. The molecule has 1 aliphatic rings. The van der Waals surface area contributed by atoms with Gasteiger partial charge in [0.25, 0.3) is 0 Å². The Hall–Kier alpha value is -1.70. The van der Waals surface area contributed by atoms with Crippen LogP contribution in [0.2, 0.25) is 0 Å². The van der Waals surface area contributed by atoms with Crippen LogP contribution in [0.3, 0.4) is 0 Å². The van der Waals surface area contributed by atoms with Gasteiger partial charge >= 0.3 is 6.09 Å². The van der Waals surface area contributed by atoms with Crippen LogP contribution in [0.5, 0.6) is 0 Å². The number of benzene rings is 1. The van der Waals surface area contributed by atoms with Crippen molar-refractivity contribution in [3.05, 3.63) is 33.8 Å². The normalized spacial score (nSPS) is 17.8. The second-order valence-corrected chi connectivity index (χ2v) is 8.21. The molecule has 1 unspecified atom stereocenters. The Bertz CT molecular complexity index is 692. The van der Waals surface area contributed by atoms with E-state index in [1.807, 2.05) is 0 Å². The summed E-state index contributed by atoms with van der Waals surface area (Å²) in [5.41, 5.74) is -0.588. The van der Waals surface area contributed by atoms with Crippen molar-refractivity contribution in [2.45, 2.75) is 51.7 Å². The molecule has 5 nitrogen and oxygen atoms in total. The van der Waals surface area contributed by atoms with Crippen molar-refractivity contribution < 1.29 is 23.1 Å². The van der Waals surface area contributed by atoms with Gasteiger partial charge in [-0.05, 0) is 61.7 Å². The van der Waals surface area contributed by atoms with E-state index < -0.39 is 23.3 Å². The largest absolute Gasteiger partial charge is 0.444 e. The third kappa shape index (κ3) is 5.93. The molecule has 2 amide bonds. The Balaban J connectivity index is 1.95. The second-order valence-electron chi connectivity index (χ2n) is 7.36. The van der Waals surface area contributed by atoms with Crippen molar-refractivity contribution in [2.24, 2.45) is 0 Å². The summed E-state index contributed by atoms with van der Waals surface area (Å²) in [4.78, 5) is 25.9. The molecule has 1 aromatic rings. The van der Waals surface area contributed by atoms with E-state index in [1.165, 1.54) is 0 Å². The van der Waals surface area contributed by atoms with Gasteiger partial charge in [0.1, 0.15) is 17.2 Å². The van der Waals surface area contributed by atoms with Gasteiger partial charge in [-0.3, -0.25) is 4.79 Å². The van der Waals surface area contributed by atoms with E-state index in [1.54, 1.807) is 25.7 Å². The Morgan fingerprint density at radius 1 is 1.31 bits per heavy atom. The summed E-state index contributed by atoms with van der Waals surface area (Å²) in [5, 5.41) is 2.76. The molecular weight excluding hydrogens is 410 g/mol. The van der Waals surface area contributed by atoms with Crippen molar-refractivity contribution in [3.63, 3.8) is 0 Å². The fourth-order valence-corrected chi connectivity index (χ4v) is 3.09. The lowest BCUT2D eigenvalue weighted by Gasteiger charge is -2.33. The van der Waals surface area contributed by atoms with Gasteiger partial charge in [0.05, 0.1) is 10.9 Å². The van der Waals surface area contributed by atoms with Gasteiger partial charge in [-0.15, -0.1) is 0 Å². The monoisotopic (exact) mass is 432 g/mol. The first-order valence-corrected chi connectivity index (χ1v) is 9.25. The van der Waals surface area contributed by atoms with Crippen molar-refractivity contribution >= 4 is 27.9 Å². The highest BCUT2D eigenvalue weighted by atomic mass is 79.9. The zero-order valence-corrected chi connectivity index (χ0v) is 16.7. The number of amides is 2. The lowest BCUT2D eigenvalue weighted by atomic mass is 10.0. The second kappa shape index (κ2) is 8.33. The fraction of sp³-hybridized carbons (Fsp3) is 0.556. The van der Waals surface area contributed by atoms with Gasteiger partial charge in [-0.1, -0.05) is 0 Å². The SMILES string of the molecule is CC(C)(C)OC(=O)NC1CCCN(C(=O)Cc2cc(F)c(Br)cc2F)C1. The summed E-state index contributed by atoms with van der Waals surface area (Å²) in [6.45, 7) is 6.16. The maximum atomic E-state index is 13.9. The number of hydrogen-bond acceptors (Lipinski definition) is 3. The van der Waals surface area contributed by atoms with Crippen LogP contribution in [-0.2, 0) is 16.0 Å². The molecule has 1 saturated heterocycles. The van der Waals surface area contributed by atoms with Crippen molar-refractivity contribution in [3.8, 4) is 0 Å². The summed E-state index contributed by atoms with van der Waals surface area (Å²) >= 11 is 2.91. The minimum absolute atomic E-state index is 0.0120. The number of carbonyl (C=O) groups excluding carboxylic acids is 2. The molecule has 0 spiro atoms. The number of carbonyl (C=O) groups is 2. The molecule has 1 aliphatic heterocycles. The fourth-order valence-electron chi connectivity index (χ4n) is 2.77. The maximum Gasteiger partial charge on any atom is 0.407 e. The molecule has 2 rings (SSSR count). The zero-order chi connectivity index (χ0) is 19.5. The predicted octanol–water partition coefficient (Wildman–Crippen LogP) is 3.79. The van der Waals surface area contributed by atoms with Crippen LogP contribution in [0.15, 0.2) is 16.6 Å². The molecule has 1 N–H and O–H groups in total. The van der Waals surface area contributed by atoms with E-state index in [2.05, 4.69) is 21.2 Å². The highest BCUT2D eigenvalue weighted by molar-refractivity contribution is 9.10. The van der Waals surface area contributed by atoms with Crippen molar-refractivity contribution in [1.29, 1.82) is 0 Å². The predicted molar refractivity (Wildman–Crippen MR) is 96.7 cm³/mol. The highest BCUT2D eigenvalue weighted by Gasteiger charge is 2.27. The number of nitrogens with one attached hydrogen (secondary N) is 1. The molecule has 1 heterocycles. The minimum Gasteiger partial charge on any atom is -0.444 e. The van der Waals surface area contributed by atoms with Crippen LogP contribution in [0, 0.1) is 11.6 Å². The first-order valence-electron chi connectivity index (χ1n) is 8.46. The molecule has 144 valence electrons. The van der Waals surface area contributed by atoms with Gasteiger partial charge in [-0.25, -0.2) is 13.6 Å². The van der Waals surface area contributed by atoms with E-state index >= 15 is 0 Å². The molecule has 0 bridgehead atoms. The quantitative estimate of drug-likeness (QED) is 0.739. The van der Waals surface area contributed by atoms with Crippen LogP contribution in [0.25, 0.3) is 0 Å². The Morgan fingerprint density at radius 3 is 2.65 bits per heavy atom. The lowest BCUT2D eigenvalue weighted by Crippen LogP contribution is -2.50. The first-order chi connectivity index (χ1) is 12.0. The van der Waals surface area contributed by atoms with Gasteiger partial charge < -0.3 is 15.0 Å². The number of rotatable bonds is 3. The number of piperidine rings is 1. The molecule has 8 heteroatoms. The number of alkyl carbamates (subject to hydrolysis) is 1. The van der Waals surface area contributed by atoms with Gasteiger partial charge in [-0.2, -0.15) is 0 Å². The molecule has 1 fully saturated rings. The summed E-state index contributed by atoms with van der Waals surface area (Å²) in [6.07, 6.45) is 0.681. The Morgan fingerprint density at radius 2 is 2.00 bits per heavy atom. The molecule has 1 aromatic carbocycles. The summed E-state index contributed by atoms with van der Waals surface area (Å²) < 4.78 is 32.8. The molecule has 0 radical (unpaired) electrons. The number of hydrogen-bond donors (Lipinski definition) is 1. The van der Waals surface area contributed by atoms with E-state index in [0.717, 1.165) is 18.6 Å². The maximum absolute atomic E-state index is 13.9. The van der Waals surface area contributed by atoms with Crippen LogP contribution >= 0.6 is 15.9 Å². The van der Waals surface area contributed by atoms with Gasteiger partial charge in [0.15, 0.2) is 0 Å². The molecule has 0 aromatic heterocycles. The highest BCUT2D eigenvalue weighted by Crippen LogP contribution is 2.21. The topological polar surface area (TPSA) is 58.6 Å². The van der Waals surface area contributed by atoms with E-state index in [0.29, 0.717) is 19.5 Å². The average molecular weight is 433 g/mol. The third-order valence-corrected chi connectivity index (χ3v) is 4.53.